The molecule has 17 heavy (non-hydrogen) atoms. The molecule has 0 saturated carbocycles. The Morgan fingerprint density at radius 2 is 2.24 bits per heavy atom. The highest BCUT2D eigenvalue weighted by atomic mass is 19.4. The van der Waals surface area contributed by atoms with Crippen LogP contribution in [0.15, 0.2) is 0 Å². The van der Waals surface area contributed by atoms with Crippen molar-refractivity contribution in [3.63, 3.8) is 0 Å². The summed E-state index contributed by atoms with van der Waals surface area (Å²) >= 11 is 0. The molecule has 2 atom stereocenters. The summed E-state index contributed by atoms with van der Waals surface area (Å²) < 4.78 is 39.8. The molecule has 2 unspecified atom stereocenters. The molecular formula is C11H21F3N2O. The monoisotopic (exact) mass is 254 g/mol. The van der Waals surface area contributed by atoms with Crippen LogP contribution in [0.2, 0.25) is 0 Å². The van der Waals surface area contributed by atoms with Gasteiger partial charge in [-0.1, -0.05) is 0 Å². The first-order chi connectivity index (χ1) is 7.97. The Morgan fingerprint density at radius 1 is 1.47 bits per heavy atom. The second-order valence-electron chi connectivity index (χ2n) is 4.55. The Bertz CT molecular complexity index is 205. The number of hydrogen-bond donors (Lipinski definition) is 2. The summed E-state index contributed by atoms with van der Waals surface area (Å²) in [7, 11) is 0. The maximum absolute atomic E-state index is 11.8. The van der Waals surface area contributed by atoms with Crippen LogP contribution in [-0.4, -0.2) is 44.6 Å². The van der Waals surface area contributed by atoms with Crippen LogP contribution in [0.3, 0.4) is 0 Å². The zero-order chi connectivity index (χ0) is 12.7. The second-order valence-corrected chi connectivity index (χ2v) is 4.55. The van der Waals surface area contributed by atoms with E-state index in [0.717, 1.165) is 13.0 Å². The van der Waals surface area contributed by atoms with Crippen molar-refractivity contribution >= 4 is 0 Å². The first-order valence-electron chi connectivity index (χ1n) is 6.08. The molecule has 1 heterocycles. The summed E-state index contributed by atoms with van der Waals surface area (Å²) in [5.41, 5.74) is 0. The third-order valence-electron chi connectivity index (χ3n) is 2.81. The van der Waals surface area contributed by atoms with E-state index in [1.807, 2.05) is 6.92 Å². The van der Waals surface area contributed by atoms with Gasteiger partial charge in [-0.2, -0.15) is 13.2 Å². The summed E-state index contributed by atoms with van der Waals surface area (Å²) in [6, 6.07) is 0.855. The van der Waals surface area contributed by atoms with Crippen molar-refractivity contribution in [3.05, 3.63) is 0 Å². The van der Waals surface area contributed by atoms with Gasteiger partial charge >= 0.3 is 6.18 Å². The van der Waals surface area contributed by atoms with Crippen LogP contribution >= 0.6 is 0 Å². The summed E-state index contributed by atoms with van der Waals surface area (Å²) in [5.74, 6) is 0. The molecule has 0 aromatic heterocycles. The lowest BCUT2D eigenvalue weighted by molar-refractivity contribution is -0.173. The fourth-order valence-electron chi connectivity index (χ4n) is 2.03. The summed E-state index contributed by atoms with van der Waals surface area (Å²) in [6.07, 6.45) is -0.804. The van der Waals surface area contributed by atoms with Crippen LogP contribution < -0.4 is 10.6 Å². The first-order valence-corrected chi connectivity index (χ1v) is 6.08. The van der Waals surface area contributed by atoms with Crippen molar-refractivity contribution in [1.82, 2.24) is 10.6 Å². The normalized spacial score (nSPS) is 22.9. The van der Waals surface area contributed by atoms with E-state index >= 15 is 0 Å². The summed E-state index contributed by atoms with van der Waals surface area (Å²) in [5, 5.41) is 6.55. The minimum absolute atomic E-state index is 0.0992. The molecule has 6 heteroatoms. The van der Waals surface area contributed by atoms with Crippen LogP contribution in [0.4, 0.5) is 13.2 Å². The van der Waals surface area contributed by atoms with Crippen molar-refractivity contribution < 1.29 is 17.9 Å². The minimum Gasteiger partial charge on any atom is -0.371 e. The third-order valence-corrected chi connectivity index (χ3v) is 2.81. The average Bonchev–Trinajstić information content (AvgIpc) is 2.68. The van der Waals surface area contributed by atoms with E-state index in [4.69, 9.17) is 0 Å². The van der Waals surface area contributed by atoms with Crippen molar-refractivity contribution in [2.45, 2.75) is 44.4 Å². The molecule has 0 aromatic rings. The van der Waals surface area contributed by atoms with Crippen LogP contribution in [0, 0.1) is 0 Å². The molecule has 0 radical (unpaired) electrons. The van der Waals surface area contributed by atoms with Crippen LogP contribution in [0.25, 0.3) is 0 Å². The Kier molecular flexibility index (Phi) is 6.22. The first kappa shape index (κ1) is 14.7. The van der Waals surface area contributed by atoms with Gasteiger partial charge < -0.3 is 15.4 Å². The van der Waals surface area contributed by atoms with E-state index in [0.29, 0.717) is 18.6 Å². The number of alkyl halides is 3. The van der Waals surface area contributed by atoms with Crippen molar-refractivity contribution in [2.75, 3.05) is 26.3 Å². The predicted molar refractivity (Wildman–Crippen MR) is 60.0 cm³/mol. The quantitative estimate of drug-likeness (QED) is 0.678. The molecule has 1 fully saturated rings. The van der Waals surface area contributed by atoms with E-state index in [9.17, 15) is 13.2 Å². The Labute approximate surface area is 100 Å². The number of hydrogen-bond acceptors (Lipinski definition) is 3. The SMILES string of the molecule is CC(CC1CCCN1)NCCOCC(F)(F)F. The van der Waals surface area contributed by atoms with E-state index in [2.05, 4.69) is 15.4 Å². The van der Waals surface area contributed by atoms with Gasteiger partial charge in [0.2, 0.25) is 0 Å². The fourth-order valence-corrected chi connectivity index (χ4v) is 2.03. The highest BCUT2D eigenvalue weighted by Gasteiger charge is 2.27. The molecule has 3 nitrogen and oxygen atoms in total. The molecule has 0 aliphatic carbocycles. The molecule has 0 aromatic carbocycles. The third kappa shape index (κ3) is 7.57. The van der Waals surface area contributed by atoms with Gasteiger partial charge in [-0.25, -0.2) is 0 Å². The molecule has 102 valence electrons. The number of nitrogens with one attached hydrogen (secondary N) is 2. The minimum atomic E-state index is -4.22. The molecule has 0 bridgehead atoms. The van der Waals surface area contributed by atoms with Gasteiger partial charge in [0, 0.05) is 18.6 Å². The molecule has 1 aliphatic rings. The molecule has 0 spiro atoms. The van der Waals surface area contributed by atoms with Gasteiger partial charge in [0.1, 0.15) is 6.61 Å². The second kappa shape index (κ2) is 7.18. The fraction of sp³-hybridized carbons (Fsp3) is 1.00. The van der Waals surface area contributed by atoms with Gasteiger partial charge in [0.15, 0.2) is 0 Å². The van der Waals surface area contributed by atoms with E-state index in [1.54, 1.807) is 0 Å². The molecule has 1 aliphatic heterocycles. The van der Waals surface area contributed by atoms with Crippen molar-refractivity contribution in [3.8, 4) is 0 Å². The zero-order valence-electron chi connectivity index (χ0n) is 10.1. The van der Waals surface area contributed by atoms with E-state index < -0.39 is 12.8 Å². The number of halogens is 3. The summed E-state index contributed by atoms with van der Waals surface area (Å²) in [4.78, 5) is 0. The van der Waals surface area contributed by atoms with Crippen LogP contribution in [0.1, 0.15) is 26.2 Å². The van der Waals surface area contributed by atoms with Crippen molar-refractivity contribution in [2.24, 2.45) is 0 Å². The van der Waals surface area contributed by atoms with Gasteiger partial charge in [0.05, 0.1) is 6.61 Å². The predicted octanol–water partition coefficient (Wildman–Crippen LogP) is 1.69. The smallest absolute Gasteiger partial charge is 0.371 e. The Morgan fingerprint density at radius 3 is 2.82 bits per heavy atom. The lowest BCUT2D eigenvalue weighted by atomic mass is 10.1. The Hall–Kier alpha value is -0.330. The average molecular weight is 254 g/mol. The van der Waals surface area contributed by atoms with Gasteiger partial charge in [0.25, 0.3) is 0 Å². The topological polar surface area (TPSA) is 33.3 Å². The molecule has 2 N–H and O–H groups in total. The molecule has 1 saturated heterocycles. The van der Waals surface area contributed by atoms with Crippen molar-refractivity contribution in [1.29, 1.82) is 0 Å². The standard InChI is InChI=1S/C11H21F3N2O/c1-9(7-10-3-2-4-16-10)15-5-6-17-8-11(12,13)14/h9-10,15-16H,2-8H2,1H3. The molecule has 0 amide bonds. The largest absolute Gasteiger partial charge is 0.411 e. The van der Waals surface area contributed by atoms with Gasteiger partial charge in [-0.15, -0.1) is 0 Å². The maximum atomic E-state index is 11.8. The number of ether oxygens (including phenoxy) is 1. The number of rotatable bonds is 7. The van der Waals surface area contributed by atoms with Crippen LogP contribution in [0.5, 0.6) is 0 Å². The lowest BCUT2D eigenvalue weighted by Crippen LogP contribution is -2.35. The summed E-state index contributed by atoms with van der Waals surface area (Å²) in [6.45, 7) is 2.52. The zero-order valence-corrected chi connectivity index (χ0v) is 10.1. The van der Waals surface area contributed by atoms with Gasteiger partial charge in [-0.3, -0.25) is 0 Å². The van der Waals surface area contributed by atoms with Gasteiger partial charge in [-0.05, 0) is 32.7 Å². The maximum Gasteiger partial charge on any atom is 0.411 e. The lowest BCUT2D eigenvalue weighted by Gasteiger charge is -2.18. The van der Waals surface area contributed by atoms with Crippen LogP contribution in [-0.2, 0) is 4.74 Å². The molecule has 1 rings (SSSR count). The highest BCUT2D eigenvalue weighted by molar-refractivity contribution is 4.78. The highest BCUT2D eigenvalue weighted by Crippen LogP contribution is 2.14. The van der Waals surface area contributed by atoms with E-state index in [1.165, 1.54) is 12.8 Å². The Balaban J connectivity index is 1.94. The molecular weight excluding hydrogens is 233 g/mol. The van der Waals surface area contributed by atoms with E-state index in [-0.39, 0.29) is 6.61 Å².